The highest BCUT2D eigenvalue weighted by molar-refractivity contribution is 7.98. The van der Waals surface area contributed by atoms with Crippen LogP contribution in [0.25, 0.3) is 22.6 Å². The number of aromatic nitrogens is 2. The largest absolute Gasteiger partial charge is 0.489 e. The lowest BCUT2D eigenvalue weighted by Crippen LogP contribution is -2.34. The van der Waals surface area contributed by atoms with Gasteiger partial charge in [0.05, 0.1) is 32.6 Å². The van der Waals surface area contributed by atoms with Crippen LogP contribution in [0.5, 0.6) is 5.75 Å². The van der Waals surface area contributed by atoms with Crippen LogP contribution in [-0.2, 0) is 16.3 Å². The summed E-state index contributed by atoms with van der Waals surface area (Å²) in [6.07, 6.45) is 6.97. The molecule has 5 rings (SSSR count). The molecule has 1 fully saturated rings. The van der Waals surface area contributed by atoms with Gasteiger partial charge < -0.3 is 9.64 Å². The number of ether oxygens (including phenoxy) is 1. The number of nitrogens with zero attached hydrogens (tertiary/aromatic N) is 3. The predicted molar refractivity (Wildman–Crippen MR) is 166 cm³/mol. The molecule has 0 saturated carbocycles. The van der Waals surface area contributed by atoms with Crippen LogP contribution in [0.4, 0.5) is 0 Å². The van der Waals surface area contributed by atoms with Gasteiger partial charge >= 0.3 is 0 Å². The van der Waals surface area contributed by atoms with Gasteiger partial charge in [-0.15, -0.1) is 0 Å². The van der Waals surface area contributed by atoms with E-state index in [-0.39, 0.29) is 11.0 Å². The third-order valence-corrected chi connectivity index (χ3v) is 11.2. The number of piperidine rings is 1. The molecule has 0 N–H and O–H groups in total. The Morgan fingerprint density at radius 2 is 1.90 bits per heavy atom. The molecule has 0 amide bonds. The summed E-state index contributed by atoms with van der Waals surface area (Å²) in [6, 6.07) is 9.07. The van der Waals surface area contributed by atoms with Crippen LogP contribution >= 0.6 is 23.4 Å². The second-order valence-corrected chi connectivity index (χ2v) is 15.0. The average Bonchev–Trinajstić information content (AvgIpc) is 3.33. The lowest BCUT2D eigenvalue weighted by atomic mass is 9.81. The van der Waals surface area contributed by atoms with E-state index < -0.39 is 15.1 Å². The zero-order valence-electron chi connectivity index (χ0n) is 23.9. The molecule has 1 unspecified atom stereocenters. The fraction of sp³-hybridized carbons (Fsp3) is 0.484. The quantitative estimate of drug-likeness (QED) is 0.281. The minimum Gasteiger partial charge on any atom is -0.489 e. The second-order valence-electron chi connectivity index (χ2n) is 11.2. The first-order valence-corrected chi connectivity index (χ1v) is 17.3. The maximum atomic E-state index is 13.2. The number of fused-ring (bicyclic) bond motifs is 1. The van der Waals surface area contributed by atoms with Crippen molar-refractivity contribution in [1.29, 1.82) is 0 Å². The molecular weight excluding hydrogens is 562 g/mol. The average molecular weight is 600 g/mol. The second kappa shape index (κ2) is 12.0. The van der Waals surface area contributed by atoms with Gasteiger partial charge in [0.15, 0.2) is 15.7 Å². The molecule has 40 heavy (non-hydrogen) atoms. The van der Waals surface area contributed by atoms with Crippen molar-refractivity contribution in [2.45, 2.75) is 69.1 Å². The Balaban J connectivity index is 1.56. The third kappa shape index (κ3) is 5.65. The van der Waals surface area contributed by atoms with E-state index in [1.807, 2.05) is 11.8 Å². The molecule has 0 aliphatic carbocycles. The van der Waals surface area contributed by atoms with Gasteiger partial charge in [-0.05, 0) is 89.1 Å². The van der Waals surface area contributed by atoms with E-state index in [4.69, 9.17) is 21.3 Å². The lowest BCUT2D eigenvalue weighted by molar-refractivity contribution is 0.223. The number of hydrogen-bond acceptors (Lipinski definition) is 7. The van der Waals surface area contributed by atoms with Crippen molar-refractivity contribution >= 4 is 33.2 Å². The van der Waals surface area contributed by atoms with Crippen LogP contribution in [0.3, 0.4) is 0 Å². The number of sulfone groups is 1. The van der Waals surface area contributed by atoms with Crippen LogP contribution in [-0.4, -0.2) is 66.3 Å². The maximum absolute atomic E-state index is 13.2. The van der Waals surface area contributed by atoms with Crippen LogP contribution < -0.4 is 4.74 Å². The summed E-state index contributed by atoms with van der Waals surface area (Å²) < 4.78 is 32.8. The summed E-state index contributed by atoms with van der Waals surface area (Å²) in [6.45, 7) is 11.1. The molecule has 1 aromatic heterocycles. The molecule has 2 aromatic carbocycles. The Bertz CT molecular complexity index is 1500. The molecule has 214 valence electrons. The van der Waals surface area contributed by atoms with Gasteiger partial charge in [-0.25, -0.2) is 18.4 Å². The maximum Gasteiger partial charge on any atom is 0.181 e. The van der Waals surface area contributed by atoms with Crippen molar-refractivity contribution in [1.82, 2.24) is 14.9 Å². The number of hydrogen-bond donors (Lipinski definition) is 0. The smallest absolute Gasteiger partial charge is 0.181 e. The molecule has 1 saturated heterocycles. The Kier molecular flexibility index (Phi) is 8.81. The van der Waals surface area contributed by atoms with Gasteiger partial charge in [0, 0.05) is 29.8 Å². The summed E-state index contributed by atoms with van der Waals surface area (Å²) in [7, 11) is -3.55. The zero-order chi connectivity index (χ0) is 28.6. The number of benzene rings is 2. The van der Waals surface area contributed by atoms with Crippen molar-refractivity contribution in [2.75, 3.05) is 31.6 Å². The summed E-state index contributed by atoms with van der Waals surface area (Å²) in [4.78, 5) is 12.3. The molecular formula is C31H38ClN3O3S2. The molecule has 2 aliphatic heterocycles. The molecule has 0 radical (unpaired) electrons. The lowest BCUT2D eigenvalue weighted by Gasteiger charge is -2.33. The molecule has 3 heterocycles. The van der Waals surface area contributed by atoms with Crippen LogP contribution in [0, 0.1) is 6.92 Å². The molecule has 0 bridgehead atoms. The van der Waals surface area contributed by atoms with Crippen molar-refractivity contribution in [3.05, 3.63) is 58.2 Å². The Hall–Kier alpha value is -2.13. The van der Waals surface area contributed by atoms with Gasteiger partial charge in [-0.1, -0.05) is 29.8 Å². The number of halogens is 1. The number of likely N-dealkylation sites (tertiary alicyclic amines) is 1. The molecule has 3 aromatic rings. The van der Waals surface area contributed by atoms with E-state index in [0.29, 0.717) is 28.0 Å². The fourth-order valence-electron chi connectivity index (χ4n) is 6.00. The number of rotatable bonds is 8. The summed E-state index contributed by atoms with van der Waals surface area (Å²) in [5.41, 5.74) is 5.66. The topological polar surface area (TPSA) is 72.4 Å². The van der Waals surface area contributed by atoms with E-state index in [1.165, 1.54) is 22.4 Å². The third-order valence-electron chi connectivity index (χ3n) is 8.10. The first-order valence-electron chi connectivity index (χ1n) is 14.0. The first kappa shape index (κ1) is 29.4. The minimum absolute atomic E-state index is 0.0691. The highest BCUT2D eigenvalue weighted by atomic mass is 35.5. The molecule has 6 nitrogen and oxygen atoms in total. The minimum atomic E-state index is -3.55. The van der Waals surface area contributed by atoms with Gasteiger partial charge in [0.2, 0.25) is 0 Å². The normalized spacial score (nSPS) is 18.2. The van der Waals surface area contributed by atoms with Crippen molar-refractivity contribution in [2.24, 2.45) is 0 Å². The van der Waals surface area contributed by atoms with Gasteiger partial charge in [-0.2, -0.15) is 11.8 Å². The molecule has 1 atom stereocenters. The van der Waals surface area contributed by atoms with E-state index in [9.17, 15) is 8.42 Å². The molecule has 0 spiro atoms. The number of thioether (sulfide) groups is 1. The van der Waals surface area contributed by atoms with Crippen molar-refractivity contribution < 1.29 is 13.2 Å². The van der Waals surface area contributed by atoms with Gasteiger partial charge in [0.25, 0.3) is 0 Å². The SMILES string of the molecule is CSCCN1CCC(c2c(C)cc(-c3ncc(Cl)c(-c4ccccc4S(=O)(=O)C(C)C)n3)c3c2CC(C)O3)CC1. The van der Waals surface area contributed by atoms with Gasteiger partial charge in [0.1, 0.15) is 11.9 Å². The van der Waals surface area contributed by atoms with Crippen LogP contribution in [0.2, 0.25) is 5.02 Å². The van der Waals surface area contributed by atoms with Crippen LogP contribution in [0.15, 0.2) is 41.4 Å². The van der Waals surface area contributed by atoms with Gasteiger partial charge in [-0.3, -0.25) is 0 Å². The predicted octanol–water partition coefficient (Wildman–Crippen LogP) is 6.82. The number of aryl methyl sites for hydroxylation is 1. The highest BCUT2D eigenvalue weighted by Crippen LogP contribution is 2.46. The standard InChI is InChI=1S/C31H38ClN3O3S2/c1-19(2)40(36,37)27-9-7-6-8-23(27)29-26(32)18-33-31(34-29)25-16-20(3)28(24-17-21(4)38-30(24)25)22-10-12-35(13-11-22)14-15-39-5/h6-9,16,18-19,21-22H,10-15,17H2,1-5H3. The van der Waals surface area contributed by atoms with E-state index in [1.54, 1.807) is 44.3 Å². The monoisotopic (exact) mass is 599 g/mol. The van der Waals surface area contributed by atoms with E-state index in [2.05, 4.69) is 36.1 Å². The van der Waals surface area contributed by atoms with Crippen molar-refractivity contribution in [3.63, 3.8) is 0 Å². The van der Waals surface area contributed by atoms with Crippen molar-refractivity contribution in [3.8, 4) is 28.4 Å². The Morgan fingerprint density at radius 1 is 1.18 bits per heavy atom. The molecule has 9 heteroatoms. The Labute approximate surface area is 247 Å². The highest BCUT2D eigenvalue weighted by Gasteiger charge is 2.33. The summed E-state index contributed by atoms with van der Waals surface area (Å²) >= 11 is 8.51. The van der Waals surface area contributed by atoms with E-state index in [0.717, 1.165) is 50.2 Å². The fourth-order valence-corrected chi connectivity index (χ4v) is 7.88. The van der Waals surface area contributed by atoms with E-state index >= 15 is 0 Å². The summed E-state index contributed by atoms with van der Waals surface area (Å²) in [5, 5.41) is -0.262. The first-order chi connectivity index (χ1) is 19.1. The summed E-state index contributed by atoms with van der Waals surface area (Å²) in [5.74, 6) is 3.03. The Morgan fingerprint density at radius 3 is 2.60 bits per heavy atom. The molecule has 2 aliphatic rings. The van der Waals surface area contributed by atoms with Crippen LogP contribution in [0.1, 0.15) is 56.2 Å². The zero-order valence-corrected chi connectivity index (χ0v) is 26.3.